The van der Waals surface area contributed by atoms with Crippen molar-refractivity contribution >= 4 is 5.91 Å². The van der Waals surface area contributed by atoms with Gasteiger partial charge in [-0.2, -0.15) is 0 Å². The van der Waals surface area contributed by atoms with Crippen molar-refractivity contribution in [3.05, 3.63) is 0 Å². The van der Waals surface area contributed by atoms with Crippen LogP contribution in [0.5, 0.6) is 0 Å². The van der Waals surface area contributed by atoms with Gasteiger partial charge in [0, 0.05) is 20.2 Å². The maximum absolute atomic E-state index is 11.5. The van der Waals surface area contributed by atoms with Crippen LogP contribution in [-0.2, 0) is 9.53 Å². The average Bonchev–Trinajstić information content (AvgIpc) is 2.19. The Morgan fingerprint density at radius 3 is 3.07 bits per heavy atom. The Balaban J connectivity index is 2.35. The van der Waals surface area contributed by atoms with Crippen molar-refractivity contribution in [2.75, 3.05) is 33.4 Å². The topological polar surface area (TPSA) is 55.6 Å². The van der Waals surface area contributed by atoms with E-state index in [4.69, 9.17) is 10.5 Å². The first kappa shape index (κ1) is 11.5. The number of carbonyl (C=O) groups is 1. The van der Waals surface area contributed by atoms with E-state index in [2.05, 4.69) is 0 Å². The van der Waals surface area contributed by atoms with Gasteiger partial charge in [0.25, 0.3) is 0 Å². The molecule has 1 heterocycles. The molecule has 0 spiro atoms. The second-order valence-corrected chi connectivity index (χ2v) is 3.86. The summed E-state index contributed by atoms with van der Waals surface area (Å²) < 4.78 is 4.84. The van der Waals surface area contributed by atoms with Gasteiger partial charge in [-0.1, -0.05) is 0 Å². The zero-order valence-electron chi connectivity index (χ0n) is 8.87. The first-order valence-electron chi connectivity index (χ1n) is 5.24. The van der Waals surface area contributed by atoms with Gasteiger partial charge < -0.3 is 15.4 Å². The molecule has 1 rings (SSSR count). The van der Waals surface area contributed by atoms with Crippen molar-refractivity contribution in [1.82, 2.24) is 4.90 Å². The molecular formula is C10H20N2O2. The van der Waals surface area contributed by atoms with Crippen LogP contribution in [0.15, 0.2) is 0 Å². The molecular weight excluding hydrogens is 180 g/mol. The van der Waals surface area contributed by atoms with Gasteiger partial charge in [-0.25, -0.2) is 0 Å². The van der Waals surface area contributed by atoms with E-state index in [1.165, 1.54) is 6.42 Å². The predicted octanol–water partition coefficient (Wildman–Crippen LogP) is 0.220. The predicted molar refractivity (Wildman–Crippen MR) is 54.9 cm³/mol. The molecule has 1 aliphatic heterocycles. The third kappa shape index (κ3) is 3.27. The summed E-state index contributed by atoms with van der Waals surface area (Å²) in [6.07, 6.45) is 3.32. The number of likely N-dealkylation sites (tertiary alicyclic amines) is 1. The van der Waals surface area contributed by atoms with Crippen molar-refractivity contribution in [1.29, 1.82) is 0 Å². The molecule has 2 N–H and O–H groups in total. The number of rotatable bonds is 4. The van der Waals surface area contributed by atoms with E-state index >= 15 is 0 Å². The molecule has 1 atom stereocenters. The Hall–Kier alpha value is -0.610. The first-order chi connectivity index (χ1) is 6.77. The van der Waals surface area contributed by atoms with E-state index in [1.807, 2.05) is 4.90 Å². The number of amides is 1. The van der Waals surface area contributed by atoms with Gasteiger partial charge >= 0.3 is 0 Å². The first-order valence-corrected chi connectivity index (χ1v) is 5.24. The van der Waals surface area contributed by atoms with Crippen molar-refractivity contribution in [3.8, 4) is 0 Å². The van der Waals surface area contributed by atoms with E-state index in [0.29, 0.717) is 5.92 Å². The summed E-state index contributed by atoms with van der Waals surface area (Å²) in [5, 5.41) is 0. The van der Waals surface area contributed by atoms with E-state index in [1.54, 1.807) is 7.11 Å². The third-order valence-corrected chi connectivity index (χ3v) is 2.71. The lowest BCUT2D eigenvalue weighted by atomic mass is 9.95. The van der Waals surface area contributed by atoms with E-state index in [9.17, 15) is 4.79 Å². The van der Waals surface area contributed by atoms with Crippen LogP contribution >= 0.6 is 0 Å². The Morgan fingerprint density at radius 1 is 1.64 bits per heavy atom. The fraction of sp³-hybridized carbons (Fsp3) is 0.900. The monoisotopic (exact) mass is 200 g/mol. The van der Waals surface area contributed by atoms with Gasteiger partial charge in [0.15, 0.2) is 0 Å². The lowest BCUT2D eigenvalue weighted by molar-refractivity contribution is -0.137. The second-order valence-electron chi connectivity index (χ2n) is 3.86. The van der Waals surface area contributed by atoms with Gasteiger partial charge in [0.05, 0.1) is 0 Å². The van der Waals surface area contributed by atoms with E-state index < -0.39 is 0 Å². The largest absolute Gasteiger partial charge is 0.375 e. The van der Waals surface area contributed by atoms with E-state index in [0.717, 1.165) is 32.5 Å². The zero-order valence-corrected chi connectivity index (χ0v) is 8.87. The molecule has 1 amide bonds. The summed E-state index contributed by atoms with van der Waals surface area (Å²) in [5.74, 6) is 0.698. The minimum absolute atomic E-state index is 0.106. The molecule has 0 radical (unpaired) electrons. The normalized spacial score (nSPS) is 22.4. The molecule has 1 unspecified atom stereocenters. The number of hydrogen-bond acceptors (Lipinski definition) is 3. The Kier molecular flexibility index (Phi) is 4.90. The minimum atomic E-state index is 0.106. The van der Waals surface area contributed by atoms with Crippen LogP contribution in [-0.4, -0.2) is 44.2 Å². The van der Waals surface area contributed by atoms with Crippen LogP contribution in [0.25, 0.3) is 0 Å². The fourth-order valence-corrected chi connectivity index (χ4v) is 1.98. The van der Waals surface area contributed by atoms with Crippen LogP contribution in [0, 0.1) is 5.92 Å². The number of hydrogen-bond donors (Lipinski definition) is 1. The summed E-state index contributed by atoms with van der Waals surface area (Å²) >= 11 is 0. The maximum Gasteiger partial charge on any atom is 0.248 e. The Bertz CT molecular complexity index is 183. The molecule has 1 aliphatic rings. The third-order valence-electron chi connectivity index (χ3n) is 2.71. The Labute approximate surface area is 85.4 Å². The molecule has 0 bridgehead atoms. The van der Waals surface area contributed by atoms with Crippen molar-refractivity contribution in [2.45, 2.75) is 19.3 Å². The second kappa shape index (κ2) is 5.98. The highest BCUT2D eigenvalue weighted by Crippen LogP contribution is 2.18. The van der Waals surface area contributed by atoms with Crippen LogP contribution in [0.1, 0.15) is 19.3 Å². The summed E-state index contributed by atoms with van der Waals surface area (Å²) in [6, 6.07) is 0. The summed E-state index contributed by atoms with van der Waals surface area (Å²) in [4.78, 5) is 13.4. The smallest absolute Gasteiger partial charge is 0.248 e. The number of methoxy groups -OCH3 is 1. The molecule has 0 aromatic rings. The van der Waals surface area contributed by atoms with Crippen molar-refractivity contribution in [3.63, 3.8) is 0 Å². The van der Waals surface area contributed by atoms with Gasteiger partial charge in [-0.15, -0.1) is 0 Å². The van der Waals surface area contributed by atoms with Crippen LogP contribution in [0.3, 0.4) is 0 Å². The van der Waals surface area contributed by atoms with Crippen molar-refractivity contribution < 1.29 is 9.53 Å². The number of carbonyl (C=O) groups excluding carboxylic acids is 1. The maximum atomic E-state index is 11.5. The molecule has 0 aromatic heterocycles. The number of ether oxygens (including phenoxy) is 1. The molecule has 0 saturated carbocycles. The van der Waals surface area contributed by atoms with E-state index in [-0.39, 0.29) is 12.5 Å². The fourth-order valence-electron chi connectivity index (χ4n) is 1.98. The molecule has 14 heavy (non-hydrogen) atoms. The van der Waals surface area contributed by atoms with Crippen LogP contribution < -0.4 is 5.73 Å². The number of nitrogens with two attached hydrogens (primary N) is 1. The van der Waals surface area contributed by atoms with Gasteiger partial charge in [0.1, 0.15) is 6.61 Å². The SMILES string of the molecule is COCC(=O)N1CCCC(CCN)C1. The molecule has 4 nitrogen and oxygen atoms in total. The highest BCUT2D eigenvalue weighted by molar-refractivity contribution is 5.77. The van der Waals surface area contributed by atoms with Gasteiger partial charge in [-0.05, 0) is 31.7 Å². The summed E-state index contributed by atoms with van der Waals surface area (Å²) in [5.41, 5.74) is 5.51. The lowest BCUT2D eigenvalue weighted by Crippen LogP contribution is -2.42. The summed E-state index contributed by atoms with van der Waals surface area (Å²) in [7, 11) is 1.55. The minimum Gasteiger partial charge on any atom is -0.375 e. The molecule has 4 heteroatoms. The highest BCUT2D eigenvalue weighted by atomic mass is 16.5. The average molecular weight is 200 g/mol. The van der Waals surface area contributed by atoms with Crippen LogP contribution in [0.2, 0.25) is 0 Å². The molecule has 82 valence electrons. The standard InChI is InChI=1S/C10H20N2O2/c1-14-8-10(13)12-6-2-3-9(7-12)4-5-11/h9H,2-8,11H2,1H3. The van der Waals surface area contributed by atoms with Gasteiger partial charge in [-0.3, -0.25) is 4.79 Å². The quantitative estimate of drug-likeness (QED) is 0.706. The lowest BCUT2D eigenvalue weighted by Gasteiger charge is -2.32. The zero-order chi connectivity index (χ0) is 10.4. The summed E-state index contributed by atoms with van der Waals surface area (Å²) in [6.45, 7) is 2.66. The Morgan fingerprint density at radius 2 is 2.43 bits per heavy atom. The molecule has 1 fully saturated rings. The molecule has 0 aliphatic carbocycles. The van der Waals surface area contributed by atoms with Gasteiger partial charge in [0.2, 0.25) is 5.91 Å². The van der Waals surface area contributed by atoms with Crippen LogP contribution in [0.4, 0.5) is 0 Å². The molecule has 0 aromatic carbocycles. The number of piperidine rings is 1. The number of nitrogens with zero attached hydrogens (tertiary/aromatic N) is 1. The highest BCUT2D eigenvalue weighted by Gasteiger charge is 2.22. The van der Waals surface area contributed by atoms with Crippen molar-refractivity contribution in [2.24, 2.45) is 11.7 Å². The molecule has 1 saturated heterocycles.